The van der Waals surface area contributed by atoms with Crippen LogP contribution in [0, 0.1) is 13.8 Å². The van der Waals surface area contributed by atoms with Crippen LogP contribution in [-0.4, -0.2) is 45.5 Å². The van der Waals surface area contributed by atoms with Crippen molar-refractivity contribution in [2.75, 3.05) is 5.32 Å². The van der Waals surface area contributed by atoms with E-state index in [0.717, 1.165) is 29.3 Å². The monoisotopic (exact) mass is 504 g/mol. The molecule has 0 aliphatic rings. The highest BCUT2D eigenvalue weighted by Gasteiger charge is 2.24. The molecule has 11 heteroatoms. The van der Waals surface area contributed by atoms with Gasteiger partial charge >= 0.3 is 0 Å². The van der Waals surface area contributed by atoms with Crippen molar-refractivity contribution in [3.8, 4) is 17.1 Å². The van der Waals surface area contributed by atoms with Crippen LogP contribution in [0.5, 0.6) is 0 Å². The number of nitrogens with zero attached hydrogens (tertiary/aromatic N) is 7. The number of aliphatic hydroxyl groups is 1. The highest BCUT2D eigenvalue weighted by molar-refractivity contribution is 5.82. The molecule has 0 saturated heterocycles. The summed E-state index contributed by atoms with van der Waals surface area (Å²) in [5.74, 6) is -1.71. The quantitative estimate of drug-likeness (QED) is 0.316. The van der Waals surface area contributed by atoms with Gasteiger partial charge in [-0.1, -0.05) is 6.07 Å². The van der Waals surface area contributed by atoms with Crippen molar-refractivity contribution >= 4 is 22.5 Å². The number of aryl methyl sites for hydroxylation is 2. The van der Waals surface area contributed by atoms with Crippen LogP contribution in [0.3, 0.4) is 0 Å². The SMILES string of the molecule is Cc1ccc(Nc2ccc3c(c2)ncn3-c2ccc(C(C)O)c(-c3cn(CC(C)(F)F)nc3C)n2)nn1. The summed E-state index contributed by atoms with van der Waals surface area (Å²) >= 11 is 0. The molecule has 1 atom stereocenters. The number of imidazole rings is 1. The number of halogens is 2. The highest BCUT2D eigenvalue weighted by Crippen LogP contribution is 2.31. The van der Waals surface area contributed by atoms with Crippen molar-refractivity contribution in [3.63, 3.8) is 0 Å². The van der Waals surface area contributed by atoms with E-state index in [1.165, 1.54) is 4.68 Å². The zero-order valence-corrected chi connectivity index (χ0v) is 20.8. The summed E-state index contributed by atoms with van der Waals surface area (Å²) in [5, 5.41) is 26.0. The molecule has 5 rings (SSSR count). The second-order valence-corrected chi connectivity index (χ2v) is 9.18. The van der Waals surface area contributed by atoms with Crippen molar-refractivity contribution in [3.05, 3.63) is 71.9 Å². The number of fused-ring (bicyclic) bond motifs is 1. The molecule has 4 heterocycles. The third-order valence-electron chi connectivity index (χ3n) is 5.87. The number of hydrogen-bond donors (Lipinski definition) is 2. The molecule has 190 valence electrons. The maximum Gasteiger partial charge on any atom is 0.264 e. The lowest BCUT2D eigenvalue weighted by Crippen LogP contribution is -2.19. The Morgan fingerprint density at radius 2 is 1.89 bits per heavy atom. The smallest absolute Gasteiger partial charge is 0.264 e. The number of hydrogen-bond acceptors (Lipinski definition) is 7. The van der Waals surface area contributed by atoms with Crippen LogP contribution in [0.25, 0.3) is 28.1 Å². The van der Waals surface area contributed by atoms with Crippen LogP contribution in [0.4, 0.5) is 20.3 Å². The van der Waals surface area contributed by atoms with Gasteiger partial charge in [-0.3, -0.25) is 9.25 Å². The maximum absolute atomic E-state index is 13.6. The zero-order chi connectivity index (χ0) is 26.3. The first-order chi connectivity index (χ1) is 17.6. The van der Waals surface area contributed by atoms with Gasteiger partial charge in [0.1, 0.15) is 18.7 Å². The second-order valence-electron chi connectivity index (χ2n) is 9.18. The fourth-order valence-electron chi connectivity index (χ4n) is 4.15. The first kappa shape index (κ1) is 24.4. The van der Waals surface area contributed by atoms with Crippen molar-refractivity contribution in [1.82, 2.24) is 34.5 Å². The van der Waals surface area contributed by atoms with Crippen molar-refractivity contribution in [2.24, 2.45) is 0 Å². The molecule has 2 N–H and O–H groups in total. The molecule has 9 nitrogen and oxygen atoms in total. The van der Waals surface area contributed by atoms with E-state index in [9.17, 15) is 13.9 Å². The van der Waals surface area contributed by atoms with Gasteiger partial charge in [-0.2, -0.15) is 10.2 Å². The standard InChI is InChI=1S/C26H26F2N8O/c1-15-5-9-23(33-32-15)30-18-6-8-22-21(11-18)29-14-36(22)24-10-7-19(17(3)37)25(31-24)20-12-35(34-16(20)2)13-26(4,27)28/h5-12,14,17,37H,13H2,1-4H3,(H,30,33). The molecule has 0 fully saturated rings. The minimum Gasteiger partial charge on any atom is -0.389 e. The average Bonchev–Trinajstić information content (AvgIpc) is 3.41. The Hall–Kier alpha value is -4.25. The summed E-state index contributed by atoms with van der Waals surface area (Å²) < 4.78 is 30.2. The van der Waals surface area contributed by atoms with Crippen LogP contribution < -0.4 is 5.32 Å². The Bertz CT molecular complexity index is 1570. The maximum atomic E-state index is 13.6. The largest absolute Gasteiger partial charge is 0.389 e. The van der Waals surface area contributed by atoms with Crippen molar-refractivity contribution in [1.29, 1.82) is 0 Å². The van der Waals surface area contributed by atoms with E-state index in [2.05, 4.69) is 25.6 Å². The summed E-state index contributed by atoms with van der Waals surface area (Å²) in [6.45, 7) is 5.55. The lowest BCUT2D eigenvalue weighted by molar-refractivity contribution is 0.000542. The van der Waals surface area contributed by atoms with Gasteiger partial charge in [0.15, 0.2) is 5.82 Å². The summed E-state index contributed by atoms with van der Waals surface area (Å²) in [7, 11) is 0. The third kappa shape index (κ3) is 5.17. The van der Waals surface area contributed by atoms with Crippen LogP contribution in [0.15, 0.2) is 55.0 Å². The fraction of sp³-hybridized carbons (Fsp3) is 0.269. The first-order valence-corrected chi connectivity index (χ1v) is 11.7. The molecular formula is C26H26F2N8O. The molecule has 0 aliphatic heterocycles. The van der Waals surface area contributed by atoms with Gasteiger partial charge in [-0.15, -0.1) is 5.10 Å². The van der Waals surface area contributed by atoms with E-state index in [1.54, 1.807) is 38.5 Å². The van der Waals surface area contributed by atoms with E-state index in [0.29, 0.717) is 34.2 Å². The van der Waals surface area contributed by atoms with Gasteiger partial charge in [0.05, 0.1) is 34.2 Å². The topological polar surface area (TPSA) is 107 Å². The van der Waals surface area contributed by atoms with E-state index in [1.807, 2.05) is 41.8 Å². The Kier molecular flexibility index (Phi) is 6.16. The highest BCUT2D eigenvalue weighted by atomic mass is 19.3. The normalized spacial score (nSPS) is 12.7. The average molecular weight is 505 g/mol. The number of alkyl halides is 2. The molecule has 4 aromatic heterocycles. The second kappa shape index (κ2) is 9.32. The van der Waals surface area contributed by atoms with E-state index in [-0.39, 0.29) is 0 Å². The van der Waals surface area contributed by atoms with Gasteiger partial charge in [0.2, 0.25) is 0 Å². The number of pyridine rings is 1. The van der Waals surface area contributed by atoms with Crippen LogP contribution in [0.1, 0.15) is 36.9 Å². The number of aliphatic hydroxyl groups excluding tert-OH is 1. The van der Waals surface area contributed by atoms with Crippen LogP contribution >= 0.6 is 0 Å². The first-order valence-electron chi connectivity index (χ1n) is 11.7. The number of benzene rings is 1. The van der Waals surface area contributed by atoms with Gasteiger partial charge in [0.25, 0.3) is 5.92 Å². The minimum absolute atomic E-state index is 0.480. The summed E-state index contributed by atoms with van der Waals surface area (Å²) in [6.07, 6.45) is 2.40. The van der Waals surface area contributed by atoms with E-state index >= 15 is 0 Å². The Morgan fingerprint density at radius 3 is 2.59 bits per heavy atom. The molecular weight excluding hydrogens is 478 g/mol. The molecule has 37 heavy (non-hydrogen) atoms. The lowest BCUT2D eigenvalue weighted by atomic mass is 10.0. The van der Waals surface area contributed by atoms with Crippen LogP contribution in [-0.2, 0) is 6.54 Å². The van der Waals surface area contributed by atoms with Gasteiger partial charge < -0.3 is 10.4 Å². The summed E-state index contributed by atoms with van der Waals surface area (Å²) in [6, 6.07) is 13.0. The Labute approximate surface area is 211 Å². The van der Waals surface area contributed by atoms with Gasteiger partial charge in [-0.05, 0) is 57.2 Å². The zero-order valence-electron chi connectivity index (χ0n) is 20.8. The molecule has 5 aromatic rings. The summed E-state index contributed by atoms with van der Waals surface area (Å²) in [4.78, 5) is 9.35. The Balaban J connectivity index is 1.52. The molecule has 1 unspecified atom stereocenters. The van der Waals surface area contributed by atoms with Crippen LogP contribution in [0.2, 0.25) is 0 Å². The van der Waals surface area contributed by atoms with Crippen molar-refractivity contribution < 1.29 is 13.9 Å². The number of rotatable bonds is 7. The van der Waals surface area contributed by atoms with Gasteiger partial charge in [0, 0.05) is 29.9 Å². The molecule has 0 bridgehead atoms. The minimum atomic E-state index is -2.91. The molecule has 0 amide bonds. The molecule has 0 aliphatic carbocycles. The van der Waals surface area contributed by atoms with E-state index < -0.39 is 18.6 Å². The number of anilines is 2. The Morgan fingerprint density at radius 1 is 1.08 bits per heavy atom. The van der Waals surface area contributed by atoms with E-state index in [4.69, 9.17) is 4.98 Å². The molecule has 1 aromatic carbocycles. The molecule has 0 spiro atoms. The lowest BCUT2D eigenvalue weighted by Gasteiger charge is -2.14. The fourth-order valence-corrected chi connectivity index (χ4v) is 4.15. The molecule has 0 radical (unpaired) electrons. The molecule has 0 saturated carbocycles. The third-order valence-corrected chi connectivity index (χ3v) is 5.87. The number of aromatic nitrogens is 7. The predicted molar refractivity (Wildman–Crippen MR) is 136 cm³/mol. The van der Waals surface area contributed by atoms with Gasteiger partial charge in [-0.25, -0.2) is 18.7 Å². The summed E-state index contributed by atoms with van der Waals surface area (Å²) in [5.41, 5.74) is 5.38. The predicted octanol–water partition coefficient (Wildman–Crippen LogP) is 5.14. The number of nitrogens with one attached hydrogen (secondary N) is 1. The van der Waals surface area contributed by atoms with Crippen molar-refractivity contribution in [2.45, 2.75) is 46.3 Å².